The minimum atomic E-state index is -2.06. The van der Waals surface area contributed by atoms with Gasteiger partial charge in [0.25, 0.3) is 5.16 Å². The lowest BCUT2D eigenvalue weighted by Crippen LogP contribution is -2.29. The van der Waals surface area contributed by atoms with E-state index in [9.17, 15) is 4.57 Å². The van der Waals surface area contributed by atoms with Crippen LogP contribution in [0, 0.1) is 20.8 Å². The summed E-state index contributed by atoms with van der Waals surface area (Å²) in [5, 5.41) is 8.04. The maximum atomic E-state index is 13.8. The zero-order valence-corrected chi connectivity index (χ0v) is 19.6. The summed E-state index contributed by atoms with van der Waals surface area (Å²) in [5.74, 6) is -1.08. The van der Waals surface area contributed by atoms with Gasteiger partial charge >= 0.3 is 8.03 Å². The van der Waals surface area contributed by atoms with Crippen LogP contribution in [0.1, 0.15) is 47.2 Å². The van der Waals surface area contributed by atoms with E-state index in [0.29, 0.717) is 6.61 Å². The molecule has 1 atom stereocenters. The van der Waals surface area contributed by atoms with Crippen LogP contribution in [0.5, 0.6) is 0 Å². The van der Waals surface area contributed by atoms with Crippen LogP contribution in [0.15, 0.2) is 72.8 Å². The molecule has 0 aliphatic rings. The number of carboxylic acids is 1. The summed E-state index contributed by atoms with van der Waals surface area (Å²) in [7, 11) is -2.06. The van der Waals surface area contributed by atoms with E-state index in [1.165, 1.54) is 0 Å². The number of aliphatic carboxylic acids is 1. The number of carbonyl (C=O) groups excluding carboxylic acids is 1. The van der Waals surface area contributed by atoms with E-state index >= 15 is 0 Å². The van der Waals surface area contributed by atoms with E-state index in [1.54, 1.807) is 0 Å². The van der Waals surface area contributed by atoms with Gasteiger partial charge in [-0.15, -0.1) is 4.52 Å². The first kappa shape index (κ1) is 24.5. The van der Waals surface area contributed by atoms with E-state index in [-0.39, 0.29) is 0 Å². The van der Waals surface area contributed by atoms with Crippen LogP contribution in [0.4, 0.5) is 0 Å². The number of hydrogen-bond donors (Lipinski definition) is 0. The van der Waals surface area contributed by atoms with Crippen molar-refractivity contribution in [2.24, 2.45) is 0 Å². The van der Waals surface area contributed by atoms with E-state index < -0.39 is 19.2 Å². The fourth-order valence-corrected chi connectivity index (χ4v) is 5.65. The van der Waals surface area contributed by atoms with Crippen LogP contribution >= 0.6 is 8.03 Å². The highest BCUT2D eigenvalue weighted by molar-refractivity contribution is 7.41. The van der Waals surface area contributed by atoms with Gasteiger partial charge in [-0.3, -0.25) is 0 Å². The topological polar surface area (TPSA) is 66.4 Å². The third-order valence-corrected chi connectivity index (χ3v) is 6.89. The second-order valence-electron chi connectivity index (χ2n) is 7.32. The smallest absolute Gasteiger partial charge is 0.529 e. The number of carboxylic acid groups (broad SMARTS) is 1. The zero-order chi connectivity index (χ0) is 23.0. The molecule has 0 aliphatic heterocycles. The molecule has 0 radical (unpaired) electrons. The summed E-state index contributed by atoms with van der Waals surface area (Å²) in [5.41, 5.74) is 6.40. The Balaban J connectivity index is 0.000000785. The lowest BCUT2D eigenvalue weighted by molar-refractivity contribution is -0.302. The SMILES string of the molecule is CC(=O)[O-].CCO[P+](=O)C(c1ccccc1C)(c1ccccc1C)c1ccccc1C. The molecule has 0 N–H and O–H groups in total. The van der Waals surface area contributed by atoms with Crippen LogP contribution in [-0.4, -0.2) is 12.6 Å². The Hall–Kier alpha value is -2.81. The molecule has 4 nitrogen and oxygen atoms in total. The van der Waals surface area contributed by atoms with Crippen LogP contribution in [0.2, 0.25) is 0 Å². The molecule has 0 bridgehead atoms. The number of aryl methyl sites for hydroxylation is 3. The highest BCUT2D eigenvalue weighted by Gasteiger charge is 2.57. The highest BCUT2D eigenvalue weighted by Crippen LogP contribution is 2.59. The predicted octanol–water partition coefficient (Wildman–Crippen LogP) is 5.44. The molecule has 31 heavy (non-hydrogen) atoms. The summed E-state index contributed by atoms with van der Waals surface area (Å²) in [6, 6.07) is 24.6. The summed E-state index contributed by atoms with van der Waals surface area (Å²) >= 11 is 0. The molecule has 1 unspecified atom stereocenters. The highest BCUT2D eigenvalue weighted by atomic mass is 31.1. The Bertz CT molecular complexity index is 944. The fraction of sp³-hybridized carbons (Fsp3) is 0.269. The molecule has 162 valence electrons. The van der Waals surface area contributed by atoms with Gasteiger partial charge in [0.05, 0.1) is 6.61 Å². The molecular formula is C26H29O4P. The first-order valence-electron chi connectivity index (χ1n) is 10.2. The van der Waals surface area contributed by atoms with Gasteiger partial charge in [-0.1, -0.05) is 72.8 Å². The Morgan fingerprint density at radius 2 is 1.10 bits per heavy atom. The van der Waals surface area contributed by atoms with Gasteiger partial charge in [0, 0.05) is 22.7 Å². The first-order valence-corrected chi connectivity index (χ1v) is 11.4. The van der Waals surface area contributed by atoms with Crippen molar-refractivity contribution in [1.82, 2.24) is 0 Å². The van der Waals surface area contributed by atoms with Crippen molar-refractivity contribution < 1.29 is 19.0 Å². The van der Waals surface area contributed by atoms with Gasteiger partial charge in [0.15, 0.2) is 0 Å². The molecule has 3 aromatic carbocycles. The van der Waals surface area contributed by atoms with E-state index in [1.807, 2.05) is 43.3 Å². The Morgan fingerprint density at radius 1 is 0.806 bits per heavy atom. The zero-order valence-electron chi connectivity index (χ0n) is 18.7. The number of hydrogen-bond acceptors (Lipinski definition) is 4. The van der Waals surface area contributed by atoms with Gasteiger partial charge < -0.3 is 9.90 Å². The molecule has 5 heteroatoms. The number of benzene rings is 3. The molecule has 0 amide bonds. The van der Waals surface area contributed by atoms with Gasteiger partial charge in [-0.25, -0.2) is 0 Å². The van der Waals surface area contributed by atoms with Gasteiger partial charge in [0.2, 0.25) is 0 Å². The second kappa shape index (κ2) is 11.0. The third-order valence-electron chi connectivity index (χ3n) is 5.12. The van der Waals surface area contributed by atoms with Crippen LogP contribution < -0.4 is 5.11 Å². The molecule has 0 aromatic heterocycles. The van der Waals surface area contributed by atoms with Crippen LogP contribution in [0.3, 0.4) is 0 Å². The Labute approximate surface area is 185 Å². The van der Waals surface area contributed by atoms with Crippen molar-refractivity contribution in [3.8, 4) is 0 Å². The average molecular weight is 436 g/mol. The quantitative estimate of drug-likeness (QED) is 0.381. The van der Waals surface area contributed by atoms with Gasteiger partial charge in [-0.05, 0) is 55.9 Å². The largest absolute Gasteiger partial charge is 0.550 e. The molecule has 0 aliphatic carbocycles. The van der Waals surface area contributed by atoms with E-state index in [4.69, 9.17) is 14.4 Å². The van der Waals surface area contributed by atoms with Crippen molar-refractivity contribution in [3.05, 3.63) is 106 Å². The standard InChI is InChI=1S/C24H26O2P.C2H4O2/c1-5-26-27(25)24(21-15-9-6-12-18(21)2,22-16-10-7-13-19(22)3)23-17-11-8-14-20(23)4;1-2(3)4/h6-17H,5H2,1-4H3;1H3,(H,3,4)/q+1;/p-1. The summed E-state index contributed by atoms with van der Waals surface area (Å²) < 4.78 is 19.7. The molecule has 3 aromatic rings. The maximum absolute atomic E-state index is 13.8. The Kier molecular flexibility index (Phi) is 8.67. The van der Waals surface area contributed by atoms with Crippen molar-refractivity contribution >= 4 is 14.0 Å². The molecular weight excluding hydrogens is 407 g/mol. The van der Waals surface area contributed by atoms with Crippen molar-refractivity contribution in [2.75, 3.05) is 6.61 Å². The molecule has 0 fully saturated rings. The molecule has 3 rings (SSSR count). The first-order chi connectivity index (χ1) is 14.8. The van der Waals surface area contributed by atoms with Gasteiger partial charge in [-0.2, -0.15) is 0 Å². The normalized spacial score (nSPS) is 11.3. The van der Waals surface area contributed by atoms with Crippen LogP contribution in [-0.2, 0) is 19.0 Å². The van der Waals surface area contributed by atoms with E-state index in [0.717, 1.165) is 40.3 Å². The Morgan fingerprint density at radius 3 is 1.35 bits per heavy atom. The minimum Gasteiger partial charge on any atom is -0.550 e. The van der Waals surface area contributed by atoms with Gasteiger partial charge in [0.1, 0.15) is 0 Å². The third kappa shape index (κ3) is 5.28. The molecule has 0 saturated carbocycles. The molecule has 0 saturated heterocycles. The lowest BCUT2D eigenvalue weighted by Gasteiger charge is -2.28. The second-order valence-corrected chi connectivity index (χ2v) is 8.76. The van der Waals surface area contributed by atoms with Crippen molar-refractivity contribution in [3.63, 3.8) is 0 Å². The average Bonchev–Trinajstić information content (AvgIpc) is 2.72. The number of carbonyl (C=O) groups is 1. The summed E-state index contributed by atoms with van der Waals surface area (Å²) in [6.45, 7) is 9.51. The monoisotopic (exact) mass is 436 g/mol. The number of rotatable bonds is 6. The fourth-order valence-electron chi connectivity index (χ4n) is 3.88. The molecule has 0 heterocycles. The predicted molar refractivity (Wildman–Crippen MR) is 123 cm³/mol. The molecule has 0 spiro atoms. The van der Waals surface area contributed by atoms with Crippen molar-refractivity contribution in [1.29, 1.82) is 0 Å². The maximum Gasteiger partial charge on any atom is 0.529 e. The summed E-state index contributed by atoms with van der Waals surface area (Å²) in [4.78, 5) is 8.89. The minimum absolute atomic E-state index is 0.403. The summed E-state index contributed by atoms with van der Waals surface area (Å²) in [6.07, 6.45) is 0. The van der Waals surface area contributed by atoms with Crippen molar-refractivity contribution in [2.45, 2.75) is 39.8 Å². The lowest BCUT2D eigenvalue weighted by atomic mass is 9.78. The van der Waals surface area contributed by atoms with Crippen LogP contribution in [0.25, 0.3) is 0 Å². The van der Waals surface area contributed by atoms with E-state index in [2.05, 4.69) is 57.2 Å².